The van der Waals surface area contributed by atoms with Crippen LogP contribution in [0.25, 0.3) is 10.6 Å². The van der Waals surface area contributed by atoms with E-state index in [2.05, 4.69) is 38.4 Å². The number of thiazole rings is 1. The van der Waals surface area contributed by atoms with Crippen molar-refractivity contribution < 1.29 is 4.74 Å². The van der Waals surface area contributed by atoms with Gasteiger partial charge in [0.2, 0.25) is 0 Å². The van der Waals surface area contributed by atoms with Gasteiger partial charge in [-0.1, -0.05) is 6.07 Å². The van der Waals surface area contributed by atoms with Crippen molar-refractivity contribution in [3.8, 4) is 16.3 Å². The van der Waals surface area contributed by atoms with E-state index >= 15 is 0 Å². The molecule has 0 atom stereocenters. The third-order valence-electron chi connectivity index (χ3n) is 4.62. The van der Waals surface area contributed by atoms with E-state index in [0.29, 0.717) is 0 Å². The number of aromatic nitrogens is 2. The van der Waals surface area contributed by atoms with Gasteiger partial charge in [-0.25, -0.2) is 9.97 Å². The number of rotatable bonds is 5. The summed E-state index contributed by atoms with van der Waals surface area (Å²) >= 11 is 1.70. The zero-order valence-corrected chi connectivity index (χ0v) is 15.7. The van der Waals surface area contributed by atoms with Gasteiger partial charge in [-0.2, -0.15) is 0 Å². The van der Waals surface area contributed by atoms with Gasteiger partial charge in [-0.05, 0) is 36.4 Å². The lowest BCUT2D eigenvalue weighted by Crippen LogP contribution is -2.46. The fourth-order valence-electron chi connectivity index (χ4n) is 3.15. The molecule has 2 aromatic heterocycles. The monoisotopic (exact) mass is 366 g/mol. The Morgan fingerprint density at radius 3 is 2.54 bits per heavy atom. The van der Waals surface area contributed by atoms with Gasteiger partial charge in [0.1, 0.15) is 16.6 Å². The standard InChI is InChI=1S/C20H22N4OS/c1-25-18-7-5-16(6-8-18)20-22-17(15-26-20)14-23-10-12-24(13-11-23)19-4-2-3-9-21-19/h2-9,15H,10-14H2,1H3. The fraction of sp³-hybridized carbons (Fsp3) is 0.300. The number of methoxy groups -OCH3 is 1. The molecule has 6 heteroatoms. The average Bonchev–Trinajstić information content (AvgIpc) is 3.18. The van der Waals surface area contributed by atoms with Gasteiger partial charge in [-0.15, -0.1) is 11.3 Å². The molecule has 5 nitrogen and oxygen atoms in total. The smallest absolute Gasteiger partial charge is 0.128 e. The molecule has 26 heavy (non-hydrogen) atoms. The first-order valence-corrected chi connectivity index (χ1v) is 9.67. The van der Waals surface area contributed by atoms with Crippen LogP contribution in [0.3, 0.4) is 0 Å². The third-order valence-corrected chi connectivity index (χ3v) is 5.56. The van der Waals surface area contributed by atoms with Gasteiger partial charge in [-0.3, -0.25) is 4.90 Å². The van der Waals surface area contributed by atoms with Crippen molar-refractivity contribution in [2.24, 2.45) is 0 Å². The number of benzene rings is 1. The highest BCUT2D eigenvalue weighted by Gasteiger charge is 2.18. The third kappa shape index (κ3) is 3.86. The van der Waals surface area contributed by atoms with Crippen molar-refractivity contribution in [2.75, 3.05) is 38.2 Å². The number of hydrogen-bond acceptors (Lipinski definition) is 6. The Morgan fingerprint density at radius 1 is 1.04 bits per heavy atom. The van der Waals surface area contributed by atoms with Crippen molar-refractivity contribution >= 4 is 17.2 Å². The van der Waals surface area contributed by atoms with E-state index in [1.54, 1.807) is 18.4 Å². The molecule has 0 bridgehead atoms. The summed E-state index contributed by atoms with van der Waals surface area (Å²) < 4.78 is 5.22. The van der Waals surface area contributed by atoms with Gasteiger partial charge >= 0.3 is 0 Å². The quantitative estimate of drug-likeness (QED) is 0.691. The number of piperazine rings is 1. The van der Waals surface area contributed by atoms with Crippen molar-refractivity contribution in [1.82, 2.24) is 14.9 Å². The minimum Gasteiger partial charge on any atom is -0.497 e. The molecule has 0 amide bonds. The van der Waals surface area contributed by atoms with Crippen LogP contribution in [0.4, 0.5) is 5.82 Å². The van der Waals surface area contributed by atoms with Crippen LogP contribution in [-0.4, -0.2) is 48.2 Å². The van der Waals surface area contributed by atoms with Crippen LogP contribution in [0.1, 0.15) is 5.69 Å². The molecule has 0 radical (unpaired) electrons. The zero-order chi connectivity index (χ0) is 17.8. The van der Waals surface area contributed by atoms with Crippen molar-refractivity contribution in [2.45, 2.75) is 6.54 Å². The predicted octanol–water partition coefficient (Wildman–Crippen LogP) is 3.54. The summed E-state index contributed by atoms with van der Waals surface area (Å²) in [6.07, 6.45) is 1.86. The zero-order valence-electron chi connectivity index (χ0n) is 14.8. The maximum Gasteiger partial charge on any atom is 0.128 e. The van der Waals surface area contributed by atoms with Gasteiger partial charge in [0.25, 0.3) is 0 Å². The fourth-order valence-corrected chi connectivity index (χ4v) is 3.97. The molecule has 4 rings (SSSR count). The van der Waals surface area contributed by atoms with Crippen LogP contribution in [0.2, 0.25) is 0 Å². The van der Waals surface area contributed by atoms with E-state index in [4.69, 9.17) is 9.72 Å². The first kappa shape index (κ1) is 17.0. The minimum absolute atomic E-state index is 0.872. The molecule has 0 aliphatic carbocycles. The Kier molecular flexibility index (Phi) is 5.13. The molecule has 3 aromatic rings. The summed E-state index contributed by atoms with van der Waals surface area (Å²) in [5, 5.41) is 3.24. The highest BCUT2D eigenvalue weighted by Crippen LogP contribution is 2.26. The summed E-state index contributed by atoms with van der Waals surface area (Å²) in [6.45, 7) is 4.99. The summed E-state index contributed by atoms with van der Waals surface area (Å²) in [4.78, 5) is 14.1. The average molecular weight is 366 g/mol. The summed E-state index contributed by atoms with van der Waals surface area (Å²) in [6, 6.07) is 14.2. The number of hydrogen-bond donors (Lipinski definition) is 0. The molecule has 3 heterocycles. The molecule has 0 saturated carbocycles. The van der Waals surface area contributed by atoms with Crippen LogP contribution in [0, 0.1) is 0 Å². The van der Waals surface area contributed by atoms with Gasteiger partial charge in [0.15, 0.2) is 0 Å². The predicted molar refractivity (Wildman–Crippen MR) is 106 cm³/mol. The lowest BCUT2D eigenvalue weighted by molar-refractivity contribution is 0.247. The lowest BCUT2D eigenvalue weighted by Gasteiger charge is -2.35. The summed E-state index contributed by atoms with van der Waals surface area (Å²) in [5.41, 5.74) is 2.29. The Hall–Kier alpha value is -2.44. The first-order chi connectivity index (χ1) is 12.8. The van der Waals surface area contributed by atoms with Crippen LogP contribution >= 0.6 is 11.3 Å². The Morgan fingerprint density at radius 2 is 1.85 bits per heavy atom. The molecular weight excluding hydrogens is 344 g/mol. The van der Waals surface area contributed by atoms with Crippen molar-refractivity contribution in [1.29, 1.82) is 0 Å². The highest BCUT2D eigenvalue weighted by atomic mass is 32.1. The molecule has 134 valence electrons. The van der Waals surface area contributed by atoms with Gasteiger partial charge in [0.05, 0.1) is 12.8 Å². The number of nitrogens with zero attached hydrogens (tertiary/aromatic N) is 4. The Bertz CT molecular complexity index is 827. The van der Waals surface area contributed by atoms with Crippen LogP contribution in [0.15, 0.2) is 54.0 Å². The number of anilines is 1. The van der Waals surface area contributed by atoms with E-state index in [9.17, 15) is 0 Å². The highest BCUT2D eigenvalue weighted by molar-refractivity contribution is 7.13. The topological polar surface area (TPSA) is 41.5 Å². The van der Waals surface area contributed by atoms with Crippen LogP contribution in [-0.2, 0) is 6.54 Å². The van der Waals surface area contributed by atoms with E-state index in [-0.39, 0.29) is 0 Å². The number of ether oxygens (including phenoxy) is 1. The van der Waals surface area contributed by atoms with E-state index in [1.165, 1.54) is 0 Å². The second-order valence-electron chi connectivity index (χ2n) is 6.32. The molecule has 1 fully saturated rings. The molecule has 1 aliphatic rings. The van der Waals surface area contributed by atoms with Crippen molar-refractivity contribution in [3.05, 3.63) is 59.7 Å². The molecule has 0 unspecified atom stereocenters. The summed E-state index contributed by atoms with van der Waals surface area (Å²) in [5.74, 6) is 1.94. The molecule has 1 aromatic carbocycles. The van der Waals surface area contributed by atoms with E-state index in [0.717, 1.165) is 60.6 Å². The molecule has 1 saturated heterocycles. The Balaban J connectivity index is 1.35. The molecule has 1 aliphatic heterocycles. The van der Waals surface area contributed by atoms with Gasteiger partial charge < -0.3 is 9.64 Å². The van der Waals surface area contributed by atoms with E-state index < -0.39 is 0 Å². The second kappa shape index (κ2) is 7.85. The molecular formula is C20H22N4OS. The normalized spacial score (nSPS) is 15.2. The minimum atomic E-state index is 0.872. The van der Waals surface area contributed by atoms with Crippen molar-refractivity contribution in [3.63, 3.8) is 0 Å². The Labute approximate surface area is 157 Å². The largest absolute Gasteiger partial charge is 0.497 e. The molecule has 0 spiro atoms. The maximum absolute atomic E-state index is 5.22. The van der Waals surface area contributed by atoms with Gasteiger partial charge in [0, 0.05) is 49.9 Å². The summed E-state index contributed by atoms with van der Waals surface area (Å²) in [7, 11) is 1.68. The van der Waals surface area contributed by atoms with Crippen LogP contribution in [0.5, 0.6) is 5.75 Å². The maximum atomic E-state index is 5.22. The number of pyridine rings is 1. The molecule has 0 N–H and O–H groups in total. The first-order valence-electron chi connectivity index (χ1n) is 8.79. The SMILES string of the molecule is COc1ccc(-c2nc(CN3CCN(c4ccccn4)CC3)cs2)cc1. The lowest BCUT2D eigenvalue weighted by atomic mass is 10.2. The van der Waals surface area contributed by atoms with E-state index in [1.807, 2.05) is 30.5 Å². The second-order valence-corrected chi connectivity index (χ2v) is 7.18. The van der Waals surface area contributed by atoms with Crippen LogP contribution < -0.4 is 9.64 Å².